The molecule has 116 valence electrons. The zero-order valence-corrected chi connectivity index (χ0v) is 12.7. The molecule has 0 spiro atoms. The van der Waals surface area contributed by atoms with Crippen LogP contribution in [0.2, 0.25) is 0 Å². The topological polar surface area (TPSA) is 64.3 Å². The number of carbonyl (C=O) groups is 1. The van der Waals surface area contributed by atoms with Gasteiger partial charge < -0.3 is 15.8 Å². The Morgan fingerprint density at radius 1 is 1.27 bits per heavy atom. The normalized spacial score (nSPS) is 10.3. The van der Waals surface area contributed by atoms with E-state index in [1.54, 1.807) is 25.1 Å². The Labute approximate surface area is 129 Å². The number of rotatable bonds is 5. The minimum atomic E-state index is -0.468. The van der Waals surface area contributed by atoms with Gasteiger partial charge in [0.1, 0.15) is 11.6 Å². The average Bonchev–Trinajstić information content (AvgIpc) is 2.48. The SMILES string of the molecule is CCCOc1ccc(C(=O)Nc2ccc(C)cc2F)cc1N. The highest BCUT2D eigenvalue weighted by molar-refractivity contribution is 6.05. The van der Waals surface area contributed by atoms with Gasteiger partial charge in [0.2, 0.25) is 0 Å². The first-order valence-electron chi connectivity index (χ1n) is 7.11. The predicted molar refractivity (Wildman–Crippen MR) is 85.7 cm³/mol. The molecule has 0 saturated heterocycles. The first kappa shape index (κ1) is 15.8. The van der Waals surface area contributed by atoms with E-state index < -0.39 is 11.7 Å². The molecule has 1 amide bonds. The minimum absolute atomic E-state index is 0.139. The summed E-state index contributed by atoms with van der Waals surface area (Å²) in [5.74, 6) is -0.347. The highest BCUT2D eigenvalue weighted by atomic mass is 19.1. The standard InChI is InChI=1S/C17H19FN2O2/c1-3-8-22-16-7-5-12(10-14(16)19)17(21)20-15-6-4-11(2)9-13(15)18/h4-7,9-10H,3,8,19H2,1-2H3,(H,20,21). The van der Waals surface area contributed by atoms with Crippen molar-refractivity contribution in [2.45, 2.75) is 20.3 Å². The molecule has 0 radical (unpaired) electrons. The van der Waals surface area contributed by atoms with Gasteiger partial charge in [-0.3, -0.25) is 4.79 Å². The summed E-state index contributed by atoms with van der Waals surface area (Å²) in [5.41, 5.74) is 7.52. The van der Waals surface area contributed by atoms with Crippen molar-refractivity contribution in [1.29, 1.82) is 0 Å². The molecule has 5 heteroatoms. The van der Waals surface area contributed by atoms with Crippen molar-refractivity contribution in [3.05, 3.63) is 53.3 Å². The van der Waals surface area contributed by atoms with Gasteiger partial charge in [0.15, 0.2) is 0 Å². The van der Waals surface area contributed by atoms with Crippen LogP contribution in [-0.2, 0) is 0 Å². The average molecular weight is 302 g/mol. The fourth-order valence-corrected chi connectivity index (χ4v) is 1.95. The first-order valence-corrected chi connectivity index (χ1v) is 7.11. The first-order chi connectivity index (χ1) is 10.5. The number of nitrogen functional groups attached to an aromatic ring is 1. The molecule has 22 heavy (non-hydrogen) atoms. The summed E-state index contributed by atoms with van der Waals surface area (Å²) < 4.78 is 19.2. The van der Waals surface area contributed by atoms with Gasteiger partial charge in [0.05, 0.1) is 18.0 Å². The lowest BCUT2D eigenvalue weighted by molar-refractivity contribution is 0.102. The van der Waals surface area contributed by atoms with Crippen molar-refractivity contribution in [1.82, 2.24) is 0 Å². The van der Waals surface area contributed by atoms with Crippen LogP contribution in [0.3, 0.4) is 0 Å². The van der Waals surface area contributed by atoms with E-state index in [0.29, 0.717) is 23.6 Å². The van der Waals surface area contributed by atoms with E-state index in [1.807, 2.05) is 6.92 Å². The lowest BCUT2D eigenvalue weighted by Gasteiger charge is -2.10. The highest BCUT2D eigenvalue weighted by Crippen LogP contribution is 2.24. The third kappa shape index (κ3) is 3.75. The third-order valence-electron chi connectivity index (χ3n) is 3.11. The Balaban J connectivity index is 2.14. The molecule has 0 aliphatic carbocycles. The van der Waals surface area contributed by atoms with Crippen LogP contribution < -0.4 is 15.8 Å². The number of nitrogens with one attached hydrogen (secondary N) is 1. The number of nitrogens with two attached hydrogens (primary N) is 1. The summed E-state index contributed by atoms with van der Waals surface area (Å²) in [5, 5.41) is 2.53. The van der Waals surface area contributed by atoms with Crippen LogP contribution in [0.5, 0.6) is 5.75 Å². The minimum Gasteiger partial charge on any atom is -0.491 e. The number of aryl methyl sites for hydroxylation is 1. The number of ether oxygens (including phenoxy) is 1. The van der Waals surface area contributed by atoms with E-state index in [4.69, 9.17) is 10.5 Å². The van der Waals surface area contributed by atoms with Crippen molar-refractivity contribution in [3.8, 4) is 5.75 Å². The number of halogens is 1. The van der Waals surface area contributed by atoms with E-state index in [1.165, 1.54) is 18.2 Å². The van der Waals surface area contributed by atoms with Crippen molar-refractivity contribution < 1.29 is 13.9 Å². The van der Waals surface area contributed by atoms with Gasteiger partial charge in [0, 0.05) is 5.56 Å². The second-order valence-corrected chi connectivity index (χ2v) is 5.04. The molecule has 0 fully saturated rings. The van der Waals surface area contributed by atoms with Gasteiger partial charge >= 0.3 is 0 Å². The second-order valence-electron chi connectivity index (χ2n) is 5.04. The van der Waals surface area contributed by atoms with Gasteiger partial charge in [0.25, 0.3) is 5.91 Å². The summed E-state index contributed by atoms with van der Waals surface area (Å²) in [7, 11) is 0. The lowest BCUT2D eigenvalue weighted by atomic mass is 10.1. The van der Waals surface area contributed by atoms with Crippen molar-refractivity contribution >= 4 is 17.3 Å². The molecule has 0 aliphatic rings. The Morgan fingerprint density at radius 3 is 2.68 bits per heavy atom. The summed E-state index contributed by atoms with van der Waals surface area (Å²) >= 11 is 0. The molecule has 0 aromatic heterocycles. The molecular formula is C17H19FN2O2. The van der Waals surface area contributed by atoms with Crippen LogP contribution in [0.1, 0.15) is 29.3 Å². The quantitative estimate of drug-likeness (QED) is 0.827. The zero-order valence-electron chi connectivity index (χ0n) is 12.7. The number of amides is 1. The maximum Gasteiger partial charge on any atom is 0.255 e. The Kier molecular flexibility index (Phi) is 4.99. The highest BCUT2D eigenvalue weighted by Gasteiger charge is 2.11. The number of hydrogen-bond donors (Lipinski definition) is 2. The van der Waals surface area contributed by atoms with Crippen LogP contribution in [0.25, 0.3) is 0 Å². The van der Waals surface area contributed by atoms with Gasteiger partial charge in [-0.2, -0.15) is 0 Å². The van der Waals surface area contributed by atoms with Crippen molar-refractivity contribution in [2.24, 2.45) is 0 Å². The van der Waals surface area contributed by atoms with Crippen LogP contribution >= 0.6 is 0 Å². The molecule has 0 heterocycles. The van der Waals surface area contributed by atoms with Crippen molar-refractivity contribution in [2.75, 3.05) is 17.7 Å². The summed E-state index contributed by atoms with van der Waals surface area (Å²) in [6.45, 7) is 4.34. The smallest absolute Gasteiger partial charge is 0.255 e. The van der Waals surface area contributed by atoms with E-state index >= 15 is 0 Å². The molecule has 3 N–H and O–H groups in total. The maximum absolute atomic E-state index is 13.7. The predicted octanol–water partition coefficient (Wildman–Crippen LogP) is 3.76. The molecule has 2 aromatic carbocycles. The van der Waals surface area contributed by atoms with E-state index in [9.17, 15) is 9.18 Å². The van der Waals surface area contributed by atoms with Gasteiger partial charge in [-0.1, -0.05) is 13.0 Å². The fraction of sp³-hybridized carbons (Fsp3) is 0.235. The lowest BCUT2D eigenvalue weighted by Crippen LogP contribution is -2.13. The summed E-state index contributed by atoms with van der Waals surface area (Å²) in [6, 6.07) is 9.39. The molecule has 0 saturated carbocycles. The Hall–Kier alpha value is -2.56. The molecule has 0 bridgehead atoms. The number of benzene rings is 2. The third-order valence-corrected chi connectivity index (χ3v) is 3.11. The fourth-order valence-electron chi connectivity index (χ4n) is 1.95. The van der Waals surface area contributed by atoms with Crippen LogP contribution in [0.4, 0.5) is 15.8 Å². The summed E-state index contributed by atoms with van der Waals surface area (Å²) in [6.07, 6.45) is 0.869. The van der Waals surface area contributed by atoms with Gasteiger partial charge in [-0.05, 0) is 49.2 Å². The Morgan fingerprint density at radius 2 is 2.05 bits per heavy atom. The van der Waals surface area contributed by atoms with Gasteiger partial charge in [-0.15, -0.1) is 0 Å². The molecule has 4 nitrogen and oxygen atoms in total. The zero-order chi connectivity index (χ0) is 16.1. The van der Waals surface area contributed by atoms with Crippen LogP contribution in [-0.4, -0.2) is 12.5 Å². The van der Waals surface area contributed by atoms with Crippen LogP contribution in [0, 0.1) is 12.7 Å². The van der Waals surface area contributed by atoms with Crippen molar-refractivity contribution in [3.63, 3.8) is 0 Å². The molecule has 0 atom stereocenters. The molecule has 0 aliphatic heterocycles. The largest absolute Gasteiger partial charge is 0.491 e. The Bertz CT molecular complexity index is 686. The number of hydrogen-bond acceptors (Lipinski definition) is 3. The molecule has 2 rings (SSSR count). The summed E-state index contributed by atoms with van der Waals surface area (Å²) in [4.78, 5) is 12.2. The van der Waals surface area contributed by atoms with E-state index in [2.05, 4.69) is 5.32 Å². The maximum atomic E-state index is 13.7. The second kappa shape index (κ2) is 6.93. The molecule has 2 aromatic rings. The molecule has 0 unspecified atom stereocenters. The van der Waals surface area contributed by atoms with Gasteiger partial charge in [-0.25, -0.2) is 4.39 Å². The monoisotopic (exact) mass is 302 g/mol. The molecular weight excluding hydrogens is 283 g/mol. The number of anilines is 2. The van der Waals surface area contributed by atoms with E-state index in [0.717, 1.165) is 12.0 Å². The number of carbonyl (C=O) groups excluding carboxylic acids is 1. The van der Waals surface area contributed by atoms with E-state index in [-0.39, 0.29) is 5.69 Å². The van der Waals surface area contributed by atoms with Crippen LogP contribution in [0.15, 0.2) is 36.4 Å².